The Morgan fingerprint density at radius 1 is 1.14 bits per heavy atom. The van der Waals surface area contributed by atoms with Crippen LogP contribution in [0.3, 0.4) is 0 Å². The van der Waals surface area contributed by atoms with Crippen molar-refractivity contribution in [2.24, 2.45) is 0 Å². The fourth-order valence-electron chi connectivity index (χ4n) is 2.15. The van der Waals surface area contributed by atoms with Gasteiger partial charge in [-0.25, -0.2) is 0 Å². The lowest BCUT2D eigenvalue weighted by molar-refractivity contribution is 0.0951. The summed E-state index contributed by atoms with van der Waals surface area (Å²) in [6.07, 6.45) is 0.751. The summed E-state index contributed by atoms with van der Waals surface area (Å²) < 4.78 is 5.70. The fourth-order valence-corrected chi connectivity index (χ4v) is 2.15. The molecule has 0 aliphatic carbocycles. The van der Waals surface area contributed by atoms with Crippen molar-refractivity contribution in [3.05, 3.63) is 59.2 Å². The molecule has 0 fully saturated rings. The monoisotopic (exact) mass is 298 g/mol. The van der Waals surface area contributed by atoms with E-state index in [4.69, 9.17) is 10.5 Å². The van der Waals surface area contributed by atoms with Gasteiger partial charge in [-0.3, -0.25) is 4.79 Å². The number of hydrogen-bond donors (Lipinski definition) is 2. The number of ether oxygens (including phenoxy) is 1. The molecule has 0 saturated heterocycles. The zero-order valence-electron chi connectivity index (χ0n) is 13.1. The molecule has 2 aromatic carbocycles. The molecule has 1 amide bonds. The molecule has 0 bridgehead atoms. The number of benzene rings is 2. The number of carbonyl (C=O) groups excluding carboxylic acids is 1. The van der Waals surface area contributed by atoms with E-state index in [1.54, 1.807) is 12.1 Å². The van der Waals surface area contributed by atoms with Crippen LogP contribution in [0.15, 0.2) is 42.5 Å². The summed E-state index contributed by atoms with van der Waals surface area (Å²) in [7, 11) is 0. The SMILES string of the molecule is Cc1ccccc1OCCCNC(=O)c1cc(N)ccc1C. The summed E-state index contributed by atoms with van der Waals surface area (Å²) in [4.78, 5) is 12.1. The molecule has 0 saturated carbocycles. The maximum atomic E-state index is 12.1. The van der Waals surface area contributed by atoms with Crippen molar-refractivity contribution in [2.45, 2.75) is 20.3 Å². The minimum atomic E-state index is -0.0966. The Morgan fingerprint density at radius 2 is 1.91 bits per heavy atom. The molecule has 22 heavy (non-hydrogen) atoms. The summed E-state index contributed by atoms with van der Waals surface area (Å²) in [5.74, 6) is 0.793. The smallest absolute Gasteiger partial charge is 0.251 e. The van der Waals surface area contributed by atoms with Crippen molar-refractivity contribution in [3.8, 4) is 5.75 Å². The summed E-state index contributed by atoms with van der Waals surface area (Å²) in [6, 6.07) is 13.2. The van der Waals surface area contributed by atoms with Crippen LogP contribution < -0.4 is 15.8 Å². The normalized spacial score (nSPS) is 10.3. The van der Waals surface area contributed by atoms with Crippen molar-refractivity contribution in [2.75, 3.05) is 18.9 Å². The zero-order valence-corrected chi connectivity index (χ0v) is 13.1. The van der Waals surface area contributed by atoms with Crippen LogP contribution in [0.5, 0.6) is 5.75 Å². The first-order valence-electron chi connectivity index (χ1n) is 7.40. The molecule has 0 aliphatic heterocycles. The number of hydrogen-bond acceptors (Lipinski definition) is 3. The van der Waals surface area contributed by atoms with Crippen molar-refractivity contribution in [1.82, 2.24) is 5.32 Å². The first-order chi connectivity index (χ1) is 10.6. The summed E-state index contributed by atoms with van der Waals surface area (Å²) in [5, 5.41) is 2.89. The van der Waals surface area contributed by atoms with Gasteiger partial charge in [-0.2, -0.15) is 0 Å². The fraction of sp³-hybridized carbons (Fsp3) is 0.278. The van der Waals surface area contributed by atoms with Gasteiger partial charge in [0.25, 0.3) is 5.91 Å². The highest BCUT2D eigenvalue weighted by Gasteiger charge is 2.08. The first-order valence-corrected chi connectivity index (χ1v) is 7.40. The van der Waals surface area contributed by atoms with Crippen molar-refractivity contribution >= 4 is 11.6 Å². The predicted molar refractivity (Wildman–Crippen MR) is 89.2 cm³/mol. The second kappa shape index (κ2) is 7.50. The first kappa shape index (κ1) is 15.9. The van der Waals surface area contributed by atoms with Gasteiger partial charge in [-0.05, 0) is 49.6 Å². The Labute approximate surface area is 131 Å². The molecular formula is C18H22N2O2. The van der Waals surface area contributed by atoms with Gasteiger partial charge in [0.05, 0.1) is 6.61 Å². The molecule has 2 rings (SSSR count). The van der Waals surface area contributed by atoms with Crippen LogP contribution in [0.1, 0.15) is 27.9 Å². The molecule has 116 valence electrons. The van der Waals surface area contributed by atoms with Crippen LogP contribution in [0.25, 0.3) is 0 Å². The van der Waals surface area contributed by atoms with Gasteiger partial charge in [0.2, 0.25) is 0 Å². The highest BCUT2D eigenvalue weighted by Crippen LogP contribution is 2.16. The van der Waals surface area contributed by atoms with Crippen LogP contribution >= 0.6 is 0 Å². The van der Waals surface area contributed by atoms with Crippen molar-refractivity contribution < 1.29 is 9.53 Å². The molecule has 0 spiro atoms. The van der Waals surface area contributed by atoms with Gasteiger partial charge in [0.1, 0.15) is 5.75 Å². The standard InChI is InChI=1S/C18H22N2O2/c1-13-8-9-15(19)12-16(13)18(21)20-10-5-11-22-17-7-4-3-6-14(17)2/h3-4,6-9,12H,5,10-11,19H2,1-2H3,(H,20,21). The number of nitrogens with two attached hydrogens (primary N) is 1. The minimum absolute atomic E-state index is 0.0966. The third-order valence-electron chi connectivity index (χ3n) is 3.46. The molecule has 0 radical (unpaired) electrons. The van der Waals surface area contributed by atoms with E-state index in [0.717, 1.165) is 23.3 Å². The lowest BCUT2D eigenvalue weighted by atomic mass is 10.1. The average molecular weight is 298 g/mol. The van der Waals surface area contributed by atoms with Crippen molar-refractivity contribution in [3.63, 3.8) is 0 Å². The molecular weight excluding hydrogens is 276 g/mol. The third kappa shape index (κ3) is 4.25. The van der Waals surface area contributed by atoms with Crippen LogP contribution in [-0.2, 0) is 0 Å². The molecule has 0 heterocycles. The minimum Gasteiger partial charge on any atom is -0.493 e. The molecule has 0 atom stereocenters. The number of aryl methyl sites for hydroxylation is 2. The van der Waals surface area contributed by atoms with E-state index in [9.17, 15) is 4.79 Å². The second-order valence-corrected chi connectivity index (χ2v) is 5.30. The maximum absolute atomic E-state index is 12.1. The molecule has 0 aliphatic rings. The Bertz CT molecular complexity index is 653. The van der Waals surface area contributed by atoms with Gasteiger partial charge in [0, 0.05) is 17.8 Å². The summed E-state index contributed by atoms with van der Waals surface area (Å²) in [5.41, 5.74) is 8.97. The average Bonchev–Trinajstić information content (AvgIpc) is 2.51. The topological polar surface area (TPSA) is 64.3 Å². The van der Waals surface area contributed by atoms with Crippen LogP contribution in [0, 0.1) is 13.8 Å². The molecule has 4 heteroatoms. The maximum Gasteiger partial charge on any atom is 0.251 e. The molecule has 0 aromatic heterocycles. The quantitative estimate of drug-likeness (QED) is 0.636. The summed E-state index contributed by atoms with van der Waals surface area (Å²) in [6.45, 7) is 5.05. The number of nitrogens with one attached hydrogen (secondary N) is 1. The van der Waals surface area contributed by atoms with Crippen LogP contribution in [0.4, 0.5) is 5.69 Å². The number of amides is 1. The Kier molecular flexibility index (Phi) is 5.42. The van der Waals surface area contributed by atoms with E-state index >= 15 is 0 Å². The highest BCUT2D eigenvalue weighted by molar-refractivity contribution is 5.96. The molecule has 0 unspecified atom stereocenters. The number of rotatable bonds is 6. The Morgan fingerprint density at radius 3 is 2.68 bits per heavy atom. The van der Waals surface area contributed by atoms with Gasteiger partial charge in [-0.15, -0.1) is 0 Å². The van der Waals surface area contributed by atoms with E-state index in [1.165, 1.54) is 0 Å². The number of nitrogen functional groups attached to an aromatic ring is 1. The second-order valence-electron chi connectivity index (χ2n) is 5.30. The van der Waals surface area contributed by atoms with Crippen molar-refractivity contribution in [1.29, 1.82) is 0 Å². The lowest BCUT2D eigenvalue weighted by Gasteiger charge is -2.10. The molecule has 4 nitrogen and oxygen atoms in total. The van der Waals surface area contributed by atoms with E-state index in [-0.39, 0.29) is 5.91 Å². The number of anilines is 1. The van der Waals surface area contributed by atoms with E-state index in [2.05, 4.69) is 5.32 Å². The van der Waals surface area contributed by atoms with E-state index in [0.29, 0.717) is 24.4 Å². The van der Waals surface area contributed by atoms with Gasteiger partial charge < -0.3 is 15.8 Å². The number of para-hydroxylation sites is 1. The summed E-state index contributed by atoms with van der Waals surface area (Å²) >= 11 is 0. The molecule has 2 aromatic rings. The largest absolute Gasteiger partial charge is 0.493 e. The van der Waals surface area contributed by atoms with E-state index < -0.39 is 0 Å². The van der Waals surface area contributed by atoms with Gasteiger partial charge >= 0.3 is 0 Å². The lowest BCUT2D eigenvalue weighted by Crippen LogP contribution is -2.26. The van der Waals surface area contributed by atoms with Gasteiger partial charge in [0.15, 0.2) is 0 Å². The zero-order chi connectivity index (χ0) is 15.9. The highest BCUT2D eigenvalue weighted by atomic mass is 16.5. The third-order valence-corrected chi connectivity index (χ3v) is 3.46. The van der Waals surface area contributed by atoms with E-state index in [1.807, 2.05) is 44.2 Å². The molecule has 3 N–H and O–H groups in total. The van der Waals surface area contributed by atoms with Crippen LogP contribution in [-0.4, -0.2) is 19.1 Å². The Hall–Kier alpha value is -2.49. The Balaban J connectivity index is 1.76. The van der Waals surface area contributed by atoms with Gasteiger partial charge in [-0.1, -0.05) is 24.3 Å². The predicted octanol–water partition coefficient (Wildman–Crippen LogP) is 3.08. The number of carbonyl (C=O) groups is 1. The van der Waals surface area contributed by atoms with Crippen LogP contribution in [0.2, 0.25) is 0 Å².